The van der Waals surface area contributed by atoms with E-state index in [-0.39, 0.29) is 5.69 Å². The number of rotatable bonds is 3. The van der Waals surface area contributed by atoms with Crippen LogP contribution in [0.15, 0.2) is 60.8 Å². The number of anilines is 1. The fourth-order valence-electron chi connectivity index (χ4n) is 4.20. The number of hydrogen-bond donors (Lipinski definition) is 0. The highest BCUT2D eigenvalue weighted by Gasteiger charge is 2.39. The molecule has 0 bridgehead atoms. The quantitative estimate of drug-likeness (QED) is 0.401. The lowest BCUT2D eigenvalue weighted by molar-refractivity contribution is -0.139. The lowest BCUT2D eigenvalue weighted by Gasteiger charge is -2.39. The average molecular weight is 450 g/mol. The number of hydrogen-bond acceptors (Lipinski definition) is 2. The van der Waals surface area contributed by atoms with Crippen LogP contribution in [-0.2, 0) is 18.8 Å². The van der Waals surface area contributed by atoms with E-state index in [2.05, 4.69) is 4.98 Å². The van der Waals surface area contributed by atoms with Gasteiger partial charge in [0.15, 0.2) is 0 Å². The van der Waals surface area contributed by atoms with Crippen LogP contribution in [0.25, 0.3) is 0 Å². The Morgan fingerprint density at radius 2 is 1.62 bits per heavy atom. The maximum Gasteiger partial charge on any atom is 0.418 e. The van der Waals surface area contributed by atoms with Crippen LogP contribution in [-0.4, -0.2) is 11.5 Å². The first kappa shape index (κ1) is 22.2. The second-order valence-electron chi connectivity index (χ2n) is 7.89. The van der Waals surface area contributed by atoms with Crippen molar-refractivity contribution in [1.82, 2.24) is 4.98 Å². The first-order valence-corrected chi connectivity index (χ1v) is 10.1. The van der Waals surface area contributed by atoms with Crippen molar-refractivity contribution in [2.24, 2.45) is 0 Å². The van der Waals surface area contributed by atoms with Crippen LogP contribution in [0.3, 0.4) is 0 Å². The summed E-state index contributed by atoms with van der Waals surface area (Å²) in [5.41, 5.74) is 1.05. The first-order valence-electron chi connectivity index (χ1n) is 10.1. The molecule has 0 spiro atoms. The van der Waals surface area contributed by atoms with Gasteiger partial charge in [-0.15, -0.1) is 0 Å². The molecular weight excluding hydrogens is 430 g/mol. The molecule has 2 heterocycles. The Labute approximate surface area is 181 Å². The van der Waals surface area contributed by atoms with Crippen molar-refractivity contribution in [2.45, 2.75) is 38.2 Å². The Hall–Kier alpha value is -3.03. The second-order valence-corrected chi connectivity index (χ2v) is 7.89. The molecule has 0 aliphatic carbocycles. The third-order valence-corrected chi connectivity index (χ3v) is 5.66. The van der Waals surface area contributed by atoms with Crippen molar-refractivity contribution in [3.05, 3.63) is 94.3 Å². The van der Waals surface area contributed by atoms with Gasteiger partial charge in [0.1, 0.15) is 0 Å². The van der Waals surface area contributed by atoms with Gasteiger partial charge in [-0.1, -0.05) is 24.3 Å². The van der Waals surface area contributed by atoms with Gasteiger partial charge in [0.05, 0.1) is 22.9 Å². The van der Waals surface area contributed by atoms with Crippen LogP contribution >= 0.6 is 0 Å². The van der Waals surface area contributed by atoms with Gasteiger partial charge in [0, 0.05) is 18.4 Å². The molecule has 4 rings (SSSR count). The number of benzene rings is 2. The minimum Gasteiger partial charge on any atom is -0.359 e. The second kappa shape index (κ2) is 8.15. The molecule has 1 atom stereocenters. The molecule has 3 aromatic rings. The van der Waals surface area contributed by atoms with E-state index < -0.39 is 29.5 Å². The summed E-state index contributed by atoms with van der Waals surface area (Å²) in [6, 6.07) is 11.3. The minimum atomic E-state index is -4.65. The topological polar surface area (TPSA) is 16.1 Å². The van der Waals surface area contributed by atoms with Gasteiger partial charge in [-0.2, -0.15) is 26.3 Å². The standard InChI is InChI=1S/C24H20F6N2/c1-15-6-7-16-4-3-13-32(20(16)14-15)22(17-8-10-18(11-9-17)23(25,26)27)21-19(24(28,29)30)5-2-12-31-21/h2,5-12,14,22H,3-4,13H2,1H3/t22-/m0/s1. The third-order valence-electron chi connectivity index (χ3n) is 5.66. The van der Waals surface area contributed by atoms with Gasteiger partial charge in [-0.3, -0.25) is 4.98 Å². The lowest BCUT2D eigenvalue weighted by Crippen LogP contribution is -2.36. The van der Waals surface area contributed by atoms with E-state index in [4.69, 9.17) is 0 Å². The molecule has 0 N–H and O–H groups in total. The molecule has 0 saturated carbocycles. The maximum absolute atomic E-state index is 13.9. The molecule has 8 heteroatoms. The molecule has 0 fully saturated rings. The van der Waals surface area contributed by atoms with Gasteiger partial charge >= 0.3 is 12.4 Å². The van der Waals surface area contributed by atoms with Crippen LogP contribution < -0.4 is 4.90 Å². The summed E-state index contributed by atoms with van der Waals surface area (Å²) in [5.74, 6) is 0. The molecule has 2 aromatic carbocycles. The summed E-state index contributed by atoms with van der Waals surface area (Å²) in [6.07, 6.45) is -6.42. The molecular formula is C24H20F6N2. The van der Waals surface area contributed by atoms with Gasteiger partial charge in [-0.05, 0) is 66.8 Å². The van der Waals surface area contributed by atoms with E-state index in [0.29, 0.717) is 18.5 Å². The van der Waals surface area contributed by atoms with E-state index in [9.17, 15) is 26.3 Å². The monoisotopic (exact) mass is 450 g/mol. The zero-order chi connectivity index (χ0) is 23.1. The summed E-state index contributed by atoms with van der Waals surface area (Å²) >= 11 is 0. The Balaban J connectivity index is 1.91. The Bertz CT molecular complexity index is 1100. The zero-order valence-corrected chi connectivity index (χ0v) is 17.1. The number of aromatic nitrogens is 1. The minimum absolute atomic E-state index is 0.228. The number of aryl methyl sites for hydroxylation is 2. The summed E-state index contributed by atoms with van der Waals surface area (Å²) in [4.78, 5) is 5.91. The van der Waals surface area contributed by atoms with Crippen LogP contribution in [0.4, 0.5) is 32.0 Å². The largest absolute Gasteiger partial charge is 0.418 e. The SMILES string of the molecule is Cc1ccc2c(c1)N([C@@H](c1ccc(C(F)(F)F)cc1)c1ncccc1C(F)(F)F)CCC2. The van der Waals surface area contributed by atoms with Crippen LogP contribution in [0.2, 0.25) is 0 Å². The normalized spacial score (nSPS) is 15.4. The zero-order valence-electron chi connectivity index (χ0n) is 17.1. The predicted octanol–water partition coefficient (Wildman–Crippen LogP) is 6.97. The predicted molar refractivity (Wildman–Crippen MR) is 109 cm³/mol. The maximum atomic E-state index is 13.9. The van der Waals surface area contributed by atoms with Crippen molar-refractivity contribution in [1.29, 1.82) is 0 Å². The molecule has 0 unspecified atom stereocenters. The van der Waals surface area contributed by atoms with Crippen molar-refractivity contribution < 1.29 is 26.3 Å². The van der Waals surface area contributed by atoms with Crippen molar-refractivity contribution in [3.63, 3.8) is 0 Å². The third kappa shape index (κ3) is 4.31. The highest BCUT2D eigenvalue weighted by molar-refractivity contribution is 5.60. The van der Waals surface area contributed by atoms with Crippen LogP contribution in [0.1, 0.15) is 46.0 Å². The number of fused-ring (bicyclic) bond motifs is 1. The summed E-state index contributed by atoms with van der Waals surface area (Å²) in [6.45, 7) is 2.35. The van der Waals surface area contributed by atoms with Gasteiger partial charge in [0.2, 0.25) is 0 Å². The average Bonchev–Trinajstić information content (AvgIpc) is 2.74. The molecule has 1 aliphatic heterocycles. The fraction of sp³-hybridized carbons (Fsp3) is 0.292. The van der Waals surface area contributed by atoms with Crippen molar-refractivity contribution >= 4 is 5.69 Å². The highest BCUT2D eigenvalue weighted by atomic mass is 19.4. The van der Waals surface area contributed by atoms with Crippen molar-refractivity contribution in [3.8, 4) is 0 Å². The van der Waals surface area contributed by atoms with Crippen molar-refractivity contribution in [2.75, 3.05) is 11.4 Å². The Morgan fingerprint density at radius 3 is 2.28 bits per heavy atom. The van der Waals surface area contributed by atoms with Gasteiger partial charge in [-0.25, -0.2) is 0 Å². The van der Waals surface area contributed by atoms with Crippen LogP contribution in [0, 0.1) is 6.92 Å². The molecule has 168 valence electrons. The summed E-state index contributed by atoms with van der Waals surface area (Å²) < 4.78 is 80.9. The molecule has 0 radical (unpaired) electrons. The summed E-state index contributed by atoms with van der Waals surface area (Å²) in [7, 11) is 0. The number of nitrogens with zero attached hydrogens (tertiary/aromatic N) is 2. The van der Waals surface area contributed by atoms with Gasteiger partial charge < -0.3 is 4.90 Å². The van der Waals surface area contributed by atoms with Gasteiger partial charge in [0.25, 0.3) is 0 Å². The first-order chi connectivity index (χ1) is 15.1. The molecule has 1 aromatic heterocycles. The molecule has 2 nitrogen and oxygen atoms in total. The Morgan fingerprint density at radius 1 is 0.906 bits per heavy atom. The molecule has 0 saturated heterocycles. The molecule has 32 heavy (non-hydrogen) atoms. The Kier molecular flexibility index (Phi) is 5.65. The number of pyridine rings is 1. The number of alkyl halides is 6. The van der Waals surface area contributed by atoms with Crippen LogP contribution in [0.5, 0.6) is 0 Å². The van der Waals surface area contributed by atoms with E-state index in [1.165, 1.54) is 24.4 Å². The van der Waals surface area contributed by atoms with E-state index in [1.54, 1.807) is 0 Å². The lowest BCUT2D eigenvalue weighted by atomic mass is 9.92. The summed E-state index contributed by atoms with van der Waals surface area (Å²) in [5, 5.41) is 0. The molecule has 1 aliphatic rings. The van der Waals surface area contributed by atoms with E-state index in [0.717, 1.165) is 41.4 Å². The van der Waals surface area contributed by atoms with E-state index in [1.807, 2.05) is 30.0 Å². The number of halogens is 6. The highest BCUT2D eigenvalue weighted by Crippen LogP contribution is 2.42. The fourth-order valence-corrected chi connectivity index (χ4v) is 4.20. The smallest absolute Gasteiger partial charge is 0.359 e. The molecule has 0 amide bonds. The van der Waals surface area contributed by atoms with E-state index >= 15 is 0 Å².